The van der Waals surface area contributed by atoms with Crippen LogP contribution in [0.1, 0.15) is 21.5 Å². The van der Waals surface area contributed by atoms with Gasteiger partial charge < -0.3 is 4.74 Å². The molecule has 0 saturated heterocycles. The molecule has 0 amide bonds. The fourth-order valence-corrected chi connectivity index (χ4v) is 1.68. The first-order chi connectivity index (χ1) is 9.06. The summed E-state index contributed by atoms with van der Waals surface area (Å²) in [4.78, 5) is 11.9. The zero-order valence-corrected chi connectivity index (χ0v) is 10.9. The quantitative estimate of drug-likeness (QED) is 0.781. The van der Waals surface area contributed by atoms with Crippen molar-refractivity contribution >= 4 is 5.78 Å². The Labute approximate surface area is 111 Å². The van der Waals surface area contributed by atoms with E-state index in [9.17, 15) is 9.18 Å². The van der Waals surface area contributed by atoms with Gasteiger partial charge in [0.15, 0.2) is 12.4 Å². The molecule has 3 heteroatoms. The van der Waals surface area contributed by atoms with Gasteiger partial charge in [-0.05, 0) is 37.6 Å². The van der Waals surface area contributed by atoms with Crippen LogP contribution in [0.3, 0.4) is 0 Å². The van der Waals surface area contributed by atoms with Gasteiger partial charge in [-0.2, -0.15) is 0 Å². The van der Waals surface area contributed by atoms with Crippen molar-refractivity contribution < 1.29 is 13.9 Å². The highest BCUT2D eigenvalue weighted by atomic mass is 19.1. The molecule has 0 atom stereocenters. The summed E-state index contributed by atoms with van der Waals surface area (Å²) < 4.78 is 18.4. The van der Waals surface area contributed by atoms with E-state index in [1.165, 1.54) is 12.1 Å². The Bertz CT molecular complexity index is 588. The van der Waals surface area contributed by atoms with E-state index in [-0.39, 0.29) is 18.2 Å². The first kappa shape index (κ1) is 13.3. The van der Waals surface area contributed by atoms with Crippen LogP contribution in [-0.4, -0.2) is 12.4 Å². The second kappa shape index (κ2) is 5.65. The third-order valence-electron chi connectivity index (χ3n) is 2.87. The summed E-state index contributed by atoms with van der Waals surface area (Å²) >= 11 is 0. The average molecular weight is 258 g/mol. The van der Waals surface area contributed by atoms with Crippen LogP contribution in [0.15, 0.2) is 42.5 Å². The SMILES string of the molecule is Cc1ccc(C(=O)COc2ccc(F)c(C)c2)cc1. The molecule has 19 heavy (non-hydrogen) atoms. The van der Waals surface area contributed by atoms with Gasteiger partial charge in [0, 0.05) is 5.56 Å². The van der Waals surface area contributed by atoms with Crippen molar-refractivity contribution in [3.05, 3.63) is 65.0 Å². The molecule has 98 valence electrons. The van der Waals surface area contributed by atoms with Gasteiger partial charge in [-0.1, -0.05) is 29.8 Å². The maximum absolute atomic E-state index is 13.1. The zero-order valence-electron chi connectivity index (χ0n) is 10.9. The van der Waals surface area contributed by atoms with Crippen molar-refractivity contribution in [2.24, 2.45) is 0 Å². The van der Waals surface area contributed by atoms with Gasteiger partial charge in [0.1, 0.15) is 11.6 Å². The van der Waals surface area contributed by atoms with Crippen LogP contribution in [0.25, 0.3) is 0 Å². The van der Waals surface area contributed by atoms with Gasteiger partial charge >= 0.3 is 0 Å². The van der Waals surface area contributed by atoms with Crippen molar-refractivity contribution in [3.63, 3.8) is 0 Å². The fourth-order valence-electron chi connectivity index (χ4n) is 1.68. The predicted molar refractivity (Wildman–Crippen MR) is 72.1 cm³/mol. The summed E-state index contributed by atoms with van der Waals surface area (Å²) in [7, 11) is 0. The van der Waals surface area contributed by atoms with Gasteiger partial charge in [-0.25, -0.2) is 4.39 Å². The molecule has 0 saturated carbocycles. The molecule has 2 aromatic rings. The summed E-state index contributed by atoms with van der Waals surface area (Å²) in [5.74, 6) is 0.124. The molecule has 0 heterocycles. The standard InChI is InChI=1S/C16H15FO2/c1-11-3-5-13(6-4-11)16(18)10-19-14-7-8-15(17)12(2)9-14/h3-9H,10H2,1-2H3. The maximum Gasteiger partial charge on any atom is 0.200 e. The summed E-state index contributed by atoms with van der Waals surface area (Å²) in [5, 5.41) is 0. The van der Waals surface area contributed by atoms with Crippen LogP contribution in [0.5, 0.6) is 5.75 Å². The summed E-state index contributed by atoms with van der Waals surface area (Å²) in [6, 6.07) is 11.8. The van der Waals surface area contributed by atoms with Crippen LogP contribution in [0.4, 0.5) is 4.39 Å². The lowest BCUT2D eigenvalue weighted by molar-refractivity contribution is 0.0921. The number of carbonyl (C=O) groups excluding carboxylic acids is 1. The molecule has 0 aliphatic rings. The molecule has 0 fully saturated rings. The second-order valence-electron chi connectivity index (χ2n) is 4.49. The van der Waals surface area contributed by atoms with Crippen LogP contribution >= 0.6 is 0 Å². The van der Waals surface area contributed by atoms with Crippen molar-refractivity contribution in [2.45, 2.75) is 13.8 Å². The highest BCUT2D eigenvalue weighted by Crippen LogP contribution is 2.16. The van der Waals surface area contributed by atoms with E-state index in [2.05, 4.69) is 0 Å². The Morgan fingerprint density at radius 1 is 1.11 bits per heavy atom. The lowest BCUT2D eigenvalue weighted by atomic mass is 10.1. The van der Waals surface area contributed by atoms with Gasteiger partial charge in [-0.15, -0.1) is 0 Å². The number of benzene rings is 2. The molecule has 0 bridgehead atoms. The number of carbonyl (C=O) groups is 1. The molecule has 2 aromatic carbocycles. The Kier molecular flexibility index (Phi) is 3.95. The second-order valence-corrected chi connectivity index (χ2v) is 4.49. The van der Waals surface area contributed by atoms with Gasteiger partial charge in [0.05, 0.1) is 0 Å². The Balaban J connectivity index is 2.00. The van der Waals surface area contributed by atoms with E-state index < -0.39 is 0 Å². The molecule has 0 N–H and O–H groups in total. The molecule has 0 unspecified atom stereocenters. The molecule has 2 rings (SSSR count). The van der Waals surface area contributed by atoms with E-state index in [0.29, 0.717) is 16.9 Å². The fraction of sp³-hybridized carbons (Fsp3) is 0.188. The largest absolute Gasteiger partial charge is 0.485 e. The van der Waals surface area contributed by atoms with Crippen LogP contribution in [0, 0.1) is 19.7 Å². The molecule has 2 nitrogen and oxygen atoms in total. The number of rotatable bonds is 4. The topological polar surface area (TPSA) is 26.3 Å². The summed E-state index contributed by atoms with van der Waals surface area (Å²) in [5.41, 5.74) is 2.22. The van der Waals surface area contributed by atoms with E-state index >= 15 is 0 Å². The summed E-state index contributed by atoms with van der Waals surface area (Å²) in [6.45, 7) is 3.57. The van der Waals surface area contributed by atoms with Gasteiger partial charge in [0.25, 0.3) is 0 Å². The van der Waals surface area contributed by atoms with Gasteiger partial charge in [0.2, 0.25) is 0 Å². The highest BCUT2D eigenvalue weighted by Gasteiger charge is 2.07. The van der Waals surface area contributed by atoms with E-state index in [0.717, 1.165) is 5.56 Å². The number of halogens is 1. The zero-order chi connectivity index (χ0) is 13.8. The maximum atomic E-state index is 13.1. The van der Waals surface area contributed by atoms with Crippen LogP contribution in [0.2, 0.25) is 0 Å². The predicted octanol–water partition coefficient (Wildman–Crippen LogP) is 3.70. The Hall–Kier alpha value is -2.16. The molecule has 0 spiro atoms. The third-order valence-corrected chi connectivity index (χ3v) is 2.87. The number of ether oxygens (including phenoxy) is 1. The summed E-state index contributed by atoms with van der Waals surface area (Å²) in [6.07, 6.45) is 0. The van der Waals surface area contributed by atoms with E-state index in [4.69, 9.17) is 4.74 Å². The Morgan fingerprint density at radius 3 is 2.42 bits per heavy atom. The highest BCUT2D eigenvalue weighted by molar-refractivity contribution is 5.97. The van der Waals surface area contributed by atoms with E-state index in [1.807, 2.05) is 19.1 Å². The first-order valence-corrected chi connectivity index (χ1v) is 6.05. The minimum absolute atomic E-state index is 0.0475. The van der Waals surface area contributed by atoms with Crippen LogP contribution < -0.4 is 4.74 Å². The molecule has 0 aliphatic heterocycles. The normalized spacial score (nSPS) is 10.3. The third kappa shape index (κ3) is 3.41. The molecular formula is C16H15FO2. The lowest BCUT2D eigenvalue weighted by Gasteiger charge is -2.07. The van der Waals surface area contributed by atoms with Crippen LogP contribution in [-0.2, 0) is 0 Å². The number of Topliss-reactive ketones (excluding diaryl/α,β-unsaturated/α-hetero) is 1. The Morgan fingerprint density at radius 2 is 1.79 bits per heavy atom. The molecule has 0 radical (unpaired) electrons. The van der Waals surface area contributed by atoms with E-state index in [1.54, 1.807) is 25.1 Å². The van der Waals surface area contributed by atoms with Crippen molar-refractivity contribution in [1.82, 2.24) is 0 Å². The van der Waals surface area contributed by atoms with Crippen molar-refractivity contribution in [3.8, 4) is 5.75 Å². The number of ketones is 1. The smallest absolute Gasteiger partial charge is 0.200 e. The molecular weight excluding hydrogens is 243 g/mol. The minimum atomic E-state index is -0.280. The molecule has 0 aliphatic carbocycles. The van der Waals surface area contributed by atoms with Gasteiger partial charge in [-0.3, -0.25) is 4.79 Å². The van der Waals surface area contributed by atoms with Crippen molar-refractivity contribution in [2.75, 3.05) is 6.61 Å². The molecule has 0 aromatic heterocycles. The average Bonchev–Trinajstić information content (AvgIpc) is 2.40. The number of hydrogen-bond acceptors (Lipinski definition) is 2. The monoisotopic (exact) mass is 258 g/mol. The van der Waals surface area contributed by atoms with Crippen molar-refractivity contribution in [1.29, 1.82) is 0 Å². The minimum Gasteiger partial charge on any atom is -0.485 e. The number of hydrogen-bond donors (Lipinski definition) is 0. The first-order valence-electron chi connectivity index (χ1n) is 6.05. The number of aryl methyl sites for hydroxylation is 2. The lowest BCUT2D eigenvalue weighted by Crippen LogP contribution is -2.11.